The van der Waals surface area contributed by atoms with E-state index in [2.05, 4.69) is 23.4 Å². The number of methoxy groups -OCH3 is 1. The maximum Gasteiger partial charge on any atom is 0.0950 e. The van der Waals surface area contributed by atoms with E-state index in [-0.39, 0.29) is 0 Å². The summed E-state index contributed by atoms with van der Waals surface area (Å²) >= 11 is 0. The summed E-state index contributed by atoms with van der Waals surface area (Å²) in [6.45, 7) is 5.12. The molecule has 1 aliphatic carbocycles. The lowest BCUT2D eigenvalue weighted by molar-refractivity contribution is 0.00502. The average molecular weight is 237 g/mol. The number of hydrogen-bond donors (Lipinski definition) is 1. The van der Waals surface area contributed by atoms with Gasteiger partial charge in [0.25, 0.3) is 0 Å². The molecule has 0 bridgehead atoms. The molecular formula is C13H23N3O. The Morgan fingerprint density at radius 1 is 1.53 bits per heavy atom. The molecule has 1 aromatic rings. The summed E-state index contributed by atoms with van der Waals surface area (Å²) in [5.74, 6) is 0.952. The van der Waals surface area contributed by atoms with Crippen molar-refractivity contribution < 1.29 is 4.74 Å². The predicted octanol–water partition coefficient (Wildman–Crippen LogP) is 1.93. The van der Waals surface area contributed by atoms with Crippen LogP contribution in [-0.2, 0) is 4.74 Å². The second-order valence-electron chi connectivity index (χ2n) is 5.29. The van der Waals surface area contributed by atoms with Gasteiger partial charge in [-0.25, -0.2) is 4.98 Å². The summed E-state index contributed by atoms with van der Waals surface area (Å²) in [7, 11) is 1.78. The van der Waals surface area contributed by atoms with Gasteiger partial charge >= 0.3 is 0 Å². The molecule has 1 fully saturated rings. The van der Waals surface area contributed by atoms with Crippen LogP contribution < -0.4 is 5.73 Å². The Balaban J connectivity index is 2.12. The Hall–Kier alpha value is -0.870. The van der Waals surface area contributed by atoms with E-state index in [9.17, 15) is 0 Å². The van der Waals surface area contributed by atoms with Crippen LogP contribution in [0.1, 0.15) is 44.3 Å². The summed E-state index contributed by atoms with van der Waals surface area (Å²) in [6.07, 6.45) is 6.52. The molecule has 0 amide bonds. The Labute approximate surface area is 103 Å². The standard InChI is InChI=1S/C13H23N3O/c1-9(2)12(6-14)13-7-15-8-16(13)10-4-11(5-10)17-3/h7-12H,4-6,14H2,1-3H3. The van der Waals surface area contributed by atoms with Crippen LogP contribution in [0.4, 0.5) is 0 Å². The Kier molecular flexibility index (Phi) is 3.84. The minimum atomic E-state index is 0.402. The monoisotopic (exact) mass is 237 g/mol. The van der Waals surface area contributed by atoms with Crippen molar-refractivity contribution in [1.82, 2.24) is 9.55 Å². The zero-order chi connectivity index (χ0) is 12.4. The van der Waals surface area contributed by atoms with Gasteiger partial charge in [0.15, 0.2) is 0 Å². The first kappa shape index (κ1) is 12.6. The maximum atomic E-state index is 5.88. The van der Waals surface area contributed by atoms with E-state index in [1.165, 1.54) is 5.69 Å². The van der Waals surface area contributed by atoms with Crippen molar-refractivity contribution in [3.63, 3.8) is 0 Å². The molecule has 1 aromatic heterocycles. The lowest BCUT2D eigenvalue weighted by atomic mass is 9.87. The van der Waals surface area contributed by atoms with E-state index in [1.54, 1.807) is 7.11 Å². The molecule has 0 aromatic carbocycles. The van der Waals surface area contributed by atoms with Crippen molar-refractivity contribution in [1.29, 1.82) is 0 Å². The highest BCUT2D eigenvalue weighted by atomic mass is 16.5. The fourth-order valence-electron chi connectivity index (χ4n) is 2.60. The molecule has 0 spiro atoms. The van der Waals surface area contributed by atoms with E-state index in [1.807, 2.05) is 12.5 Å². The van der Waals surface area contributed by atoms with E-state index in [0.717, 1.165) is 12.8 Å². The molecule has 0 saturated heterocycles. The summed E-state index contributed by atoms with van der Waals surface area (Å²) in [4.78, 5) is 4.29. The summed E-state index contributed by atoms with van der Waals surface area (Å²) < 4.78 is 7.63. The van der Waals surface area contributed by atoms with Gasteiger partial charge in [-0.05, 0) is 18.8 Å². The van der Waals surface area contributed by atoms with Gasteiger partial charge in [0.2, 0.25) is 0 Å². The van der Waals surface area contributed by atoms with Crippen LogP contribution in [0.15, 0.2) is 12.5 Å². The molecule has 1 saturated carbocycles. The SMILES string of the molecule is COC1CC(n2cncc2C(CN)C(C)C)C1. The largest absolute Gasteiger partial charge is 0.381 e. The Bertz CT molecular complexity index is 355. The van der Waals surface area contributed by atoms with Crippen LogP contribution in [0.2, 0.25) is 0 Å². The molecule has 1 unspecified atom stereocenters. The molecule has 17 heavy (non-hydrogen) atoms. The van der Waals surface area contributed by atoms with E-state index in [0.29, 0.717) is 30.5 Å². The second-order valence-corrected chi connectivity index (χ2v) is 5.29. The van der Waals surface area contributed by atoms with Gasteiger partial charge in [0, 0.05) is 37.5 Å². The van der Waals surface area contributed by atoms with Gasteiger partial charge < -0.3 is 15.0 Å². The van der Waals surface area contributed by atoms with Crippen molar-refractivity contribution in [3.05, 3.63) is 18.2 Å². The maximum absolute atomic E-state index is 5.88. The fourth-order valence-corrected chi connectivity index (χ4v) is 2.60. The number of aromatic nitrogens is 2. The number of ether oxygens (including phenoxy) is 1. The van der Waals surface area contributed by atoms with Gasteiger partial charge in [-0.1, -0.05) is 13.8 Å². The molecule has 96 valence electrons. The van der Waals surface area contributed by atoms with E-state index < -0.39 is 0 Å². The zero-order valence-electron chi connectivity index (χ0n) is 11.0. The van der Waals surface area contributed by atoms with Crippen LogP contribution in [0, 0.1) is 5.92 Å². The highest BCUT2D eigenvalue weighted by Crippen LogP contribution is 2.37. The van der Waals surface area contributed by atoms with Gasteiger partial charge in [-0.2, -0.15) is 0 Å². The summed E-state index contributed by atoms with van der Waals surface area (Å²) in [6, 6.07) is 0.547. The minimum absolute atomic E-state index is 0.402. The van der Waals surface area contributed by atoms with Crippen LogP contribution >= 0.6 is 0 Å². The molecule has 4 heteroatoms. The van der Waals surface area contributed by atoms with Crippen LogP contribution in [0.5, 0.6) is 0 Å². The number of nitrogens with zero attached hydrogens (tertiary/aromatic N) is 2. The number of imidazole rings is 1. The minimum Gasteiger partial charge on any atom is -0.381 e. The van der Waals surface area contributed by atoms with Crippen molar-refractivity contribution in [3.8, 4) is 0 Å². The smallest absolute Gasteiger partial charge is 0.0950 e. The Morgan fingerprint density at radius 3 is 2.76 bits per heavy atom. The lowest BCUT2D eigenvalue weighted by Gasteiger charge is -2.37. The lowest BCUT2D eigenvalue weighted by Crippen LogP contribution is -2.34. The number of rotatable bonds is 5. The first-order valence-electron chi connectivity index (χ1n) is 6.42. The number of nitrogens with two attached hydrogens (primary N) is 1. The average Bonchev–Trinajstić information content (AvgIpc) is 2.66. The van der Waals surface area contributed by atoms with Crippen molar-refractivity contribution in [2.24, 2.45) is 11.7 Å². The normalized spacial score (nSPS) is 25.9. The summed E-state index contributed by atoms with van der Waals surface area (Å²) in [5, 5.41) is 0. The number of hydrogen-bond acceptors (Lipinski definition) is 3. The first-order chi connectivity index (χ1) is 8.17. The highest BCUT2D eigenvalue weighted by molar-refractivity contribution is 5.11. The second kappa shape index (κ2) is 5.19. The van der Waals surface area contributed by atoms with E-state index in [4.69, 9.17) is 10.5 Å². The van der Waals surface area contributed by atoms with Gasteiger partial charge in [0.1, 0.15) is 0 Å². The zero-order valence-corrected chi connectivity index (χ0v) is 11.0. The molecule has 0 aliphatic heterocycles. The molecular weight excluding hydrogens is 214 g/mol. The van der Waals surface area contributed by atoms with Crippen molar-refractivity contribution in [2.45, 2.75) is 44.8 Å². The first-order valence-corrected chi connectivity index (χ1v) is 6.42. The Morgan fingerprint density at radius 2 is 2.24 bits per heavy atom. The van der Waals surface area contributed by atoms with Gasteiger partial charge in [-0.15, -0.1) is 0 Å². The highest BCUT2D eigenvalue weighted by Gasteiger charge is 2.32. The van der Waals surface area contributed by atoms with E-state index >= 15 is 0 Å². The molecule has 2 N–H and O–H groups in total. The molecule has 0 radical (unpaired) electrons. The molecule has 2 rings (SSSR count). The quantitative estimate of drug-likeness (QED) is 0.851. The molecule has 4 nitrogen and oxygen atoms in total. The van der Waals surface area contributed by atoms with Crippen LogP contribution in [-0.4, -0.2) is 29.3 Å². The van der Waals surface area contributed by atoms with Gasteiger partial charge in [-0.3, -0.25) is 0 Å². The topological polar surface area (TPSA) is 53.1 Å². The van der Waals surface area contributed by atoms with Crippen molar-refractivity contribution >= 4 is 0 Å². The third kappa shape index (κ3) is 2.38. The fraction of sp³-hybridized carbons (Fsp3) is 0.769. The van der Waals surface area contributed by atoms with Crippen LogP contribution in [0.25, 0.3) is 0 Å². The third-order valence-corrected chi connectivity index (χ3v) is 3.93. The van der Waals surface area contributed by atoms with Crippen molar-refractivity contribution in [2.75, 3.05) is 13.7 Å². The molecule has 1 aliphatic rings. The predicted molar refractivity (Wildman–Crippen MR) is 67.9 cm³/mol. The van der Waals surface area contributed by atoms with Crippen LogP contribution in [0.3, 0.4) is 0 Å². The summed E-state index contributed by atoms with van der Waals surface area (Å²) in [5.41, 5.74) is 7.16. The molecule has 1 heterocycles. The van der Waals surface area contributed by atoms with Gasteiger partial charge in [0.05, 0.1) is 12.4 Å². The third-order valence-electron chi connectivity index (χ3n) is 3.93. The molecule has 1 atom stereocenters.